The molecule has 1 aromatic rings. The maximum atomic E-state index is 12.6. The number of benzene rings is 1. The first-order valence-electron chi connectivity index (χ1n) is 7.61. The SMILES string of the molecule is C=C(C)CS(=O)(=O)Nc1cc(C)c2c(c1)C(C)(C)C(=O)N2CC. The molecule has 0 spiro atoms. The Morgan fingerprint density at radius 2 is 1.96 bits per heavy atom. The molecular weight excluding hydrogens is 312 g/mol. The highest BCUT2D eigenvalue weighted by Crippen LogP contribution is 2.44. The predicted molar refractivity (Wildman–Crippen MR) is 94.5 cm³/mol. The Hall–Kier alpha value is -1.82. The number of sulfonamides is 1. The second-order valence-corrected chi connectivity index (χ2v) is 8.40. The average molecular weight is 336 g/mol. The first kappa shape index (κ1) is 17.5. The van der Waals surface area contributed by atoms with Crippen LogP contribution in [-0.4, -0.2) is 26.6 Å². The summed E-state index contributed by atoms with van der Waals surface area (Å²) in [5, 5.41) is 0. The highest BCUT2D eigenvalue weighted by molar-refractivity contribution is 7.92. The van der Waals surface area contributed by atoms with Crippen LogP contribution in [0.5, 0.6) is 0 Å². The minimum absolute atomic E-state index is 0.0417. The van der Waals surface area contributed by atoms with Crippen LogP contribution in [0.4, 0.5) is 11.4 Å². The van der Waals surface area contributed by atoms with Crippen molar-refractivity contribution in [1.82, 2.24) is 0 Å². The summed E-state index contributed by atoms with van der Waals surface area (Å²) in [5.41, 5.74) is 3.04. The van der Waals surface area contributed by atoms with Gasteiger partial charge in [0.15, 0.2) is 0 Å². The fraction of sp³-hybridized carbons (Fsp3) is 0.471. The summed E-state index contributed by atoms with van der Waals surface area (Å²) in [6, 6.07) is 3.54. The lowest BCUT2D eigenvalue weighted by molar-refractivity contribution is -0.122. The van der Waals surface area contributed by atoms with Gasteiger partial charge in [0, 0.05) is 12.2 Å². The molecule has 0 aliphatic carbocycles. The first-order chi connectivity index (χ1) is 10.5. The minimum atomic E-state index is -3.49. The summed E-state index contributed by atoms with van der Waals surface area (Å²) in [7, 11) is -3.49. The molecule has 126 valence electrons. The van der Waals surface area contributed by atoms with E-state index in [0.717, 1.165) is 16.8 Å². The molecule has 1 aliphatic heterocycles. The number of likely N-dealkylation sites (N-methyl/N-ethyl adjacent to an activating group) is 1. The number of nitrogens with zero attached hydrogens (tertiary/aromatic N) is 1. The van der Waals surface area contributed by atoms with E-state index in [1.165, 1.54) is 0 Å². The topological polar surface area (TPSA) is 66.5 Å². The maximum Gasteiger partial charge on any atom is 0.237 e. The van der Waals surface area contributed by atoms with E-state index in [2.05, 4.69) is 11.3 Å². The van der Waals surface area contributed by atoms with Crippen LogP contribution in [0.1, 0.15) is 38.8 Å². The fourth-order valence-electron chi connectivity index (χ4n) is 3.07. The van der Waals surface area contributed by atoms with Crippen molar-refractivity contribution in [2.45, 2.75) is 40.0 Å². The number of hydrogen-bond acceptors (Lipinski definition) is 3. The number of nitrogens with one attached hydrogen (secondary N) is 1. The van der Waals surface area contributed by atoms with E-state index in [1.54, 1.807) is 24.0 Å². The number of carbonyl (C=O) groups excluding carboxylic acids is 1. The summed E-state index contributed by atoms with van der Waals surface area (Å²) in [6.45, 7) is 13.5. The van der Waals surface area contributed by atoms with Crippen LogP contribution in [0, 0.1) is 6.92 Å². The zero-order chi connectivity index (χ0) is 17.6. The van der Waals surface area contributed by atoms with E-state index in [0.29, 0.717) is 17.8 Å². The zero-order valence-corrected chi connectivity index (χ0v) is 15.2. The van der Waals surface area contributed by atoms with Gasteiger partial charge in [0.1, 0.15) is 0 Å². The molecule has 0 fully saturated rings. The van der Waals surface area contributed by atoms with Crippen molar-refractivity contribution in [3.05, 3.63) is 35.4 Å². The van der Waals surface area contributed by atoms with Gasteiger partial charge in [-0.2, -0.15) is 0 Å². The van der Waals surface area contributed by atoms with Crippen molar-refractivity contribution in [2.75, 3.05) is 21.9 Å². The molecule has 0 aromatic heterocycles. The monoisotopic (exact) mass is 336 g/mol. The number of rotatable bonds is 5. The Morgan fingerprint density at radius 3 is 2.48 bits per heavy atom. The Balaban J connectivity index is 2.50. The van der Waals surface area contributed by atoms with Crippen molar-refractivity contribution in [3.8, 4) is 0 Å². The third-order valence-electron chi connectivity index (χ3n) is 4.05. The summed E-state index contributed by atoms with van der Waals surface area (Å²) >= 11 is 0. The van der Waals surface area contributed by atoms with Gasteiger partial charge in [-0.25, -0.2) is 8.42 Å². The molecule has 0 unspecified atom stereocenters. The van der Waals surface area contributed by atoms with Crippen molar-refractivity contribution in [3.63, 3.8) is 0 Å². The number of carbonyl (C=O) groups is 1. The minimum Gasteiger partial charge on any atom is -0.311 e. The fourth-order valence-corrected chi connectivity index (χ4v) is 4.27. The summed E-state index contributed by atoms with van der Waals surface area (Å²) in [5.74, 6) is -0.0768. The van der Waals surface area contributed by atoms with Crippen molar-refractivity contribution < 1.29 is 13.2 Å². The standard InChI is InChI=1S/C17H24N2O3S/c1-7-19-15-12(4)8-13(18-23(21,22)10-11(2)3)9-14(15)17(5,6)16(19)20/h8-9,18H,2,7,10H2,1,3-6H3. The van der Waals surface area contributed by atoms with E-state index in [-0.39, 0.29) is 11.7 Å². The van der Waals surface area contributed by atoms with Crippen LogP contribution < -0.4 is 9.62 Å². The number of hydrogen-bond donors (Lipinski definition) is 1. The molecule has 1 N–H and O–H groups in total. The Labute approximate surface area is 138 Å². The second kappa shape index (κ2) is 5.67. The molecule has 1 heterocycles. The van der Waals surface area contributed by atoms with Crippen LogP contribution >= 0.6 is 0 Å². The summed E-state index contributed by atoms with van der Waals surface area (Å²) < 4.78 is 26.8. The lowest BCUT2D eigenvalue weighted by Crippen LogP contribution is -2.36. The zero-order valence-electron chi connectivity index (χ0n) is 14.4. The quantitative estimate of drug-likeness (QED) is 0.841. The van der Waals surface area contributed by atoms with Crippen LogP contribution in [-0.2, 0) is 20.2 Å². The Kier molecular flexibility index (Phi) is 4.32. The number of amides is 1. The Bertz CT molecular complexity index is 779. The van der Waals surface area contributed by atoms with E-state index in [4.69, 9.17) is 0 Å². The maximum absolute atomic E-state index is 12.6. The highest BCUT2D eigenvalue weighted by atomic mass is 32.2. The van der Waals surface area contributed by atoms with Gasteiger partial charge in [-0.1, -0.05) is 12.2 Å². The third-order valence-corrected chi connectivity index (χ3v) is 5.47. The molecule has 1 aliphatic rings. The van der Waals surface area contributed by atoms with Crippen molar-refractivity contribution >= 4 is 27.3 Å². The van der Waals surface area contributed by atoms with Gasteiger partial charge in [0.05, 0.1) is 16.9 Å². The van der Waals surface area contributed by atoms with Gasteiger partial charge < -0.3 is 4.90 Å². The highest BCUT2D eigenvalue weighted by Gasteiger charge is 2.44. The van der Waals surface area contributed by atoms with Gasteiger partial charge in [-0.3, -0.25) is 9.52 Å². The van der Waals surface area contributed by atoms with Crippen LogP contribution in [0.25, 0.3) is 0 Å². The molecule has 0 bridgehead atoms. The van der Waals surface area contributed by atoms with Gasteiger partial charge in [0.25, 0.3) is 0 Å². The lowest BCUT2D eigenvalue weighted by Gasteiger charge is -2.18. The van der Waals surface area contributed by atoms with Crippen LogP contribution in [0.15, 0.2) is 24.3 Å². The molecule has 0 atom stereocenters. The summed E-state index contributed by atoms with van der Waals surface area (Å²) in [4.78, 5) is 14.3. The lowest BCUT2D eigenvalue weighted by atomic mass is 9.85. The summed E-state index contributed by atoms with van der Waals surface area (Å²) in [6.07, 6.45) is 0. The van der Waals surface area contributed by atoms with E-state index >= 15 is 0 Å². The van der Waals surface area contributed by atoms with Gasteiger partial charge in [-0.15, -0.1) is 0 Å². The molecule has 1 amide bonds. The molecule has 6 heteroatoms. The van der Waals surface area contributed by atoms with E-state index in [1.807, 2.05) is 27.7 Å². The largest absolute Gasteiger partial charge is 0.311 e. The van der Waals surface area contributed by atoms with Crippen LogP contribution in [0.2, 0.25) is 0 Å². The molecule has 1 aromatic carbocycles. The number of anilines is 2. The van der Waals surface area contributed by atoms with E-state index in [9.17, 15) is 13.2 Å². The normalized spacial score (nSPS) is 16.4. The van der Waals surface area contributed by atoms with Crippen molar-refractivity contribution in [1.29, 1.82) is 0 Å². The molecule has 2 rings (SSSR count). The smallest absolute Gasteiger partial charge is 0.237 e. The molecule has 23 heavy (non-hydrogen) atoms. The molecule has 5 nitrogen and oxygen atoms in total. The molecule has 0 radical (unpaired) electrons. The molecule has 0 saturated heterocycles. The van der Waals surface area contributed by atoms with Gasteiger partial charge in [-0.05, 0) is 57.9 Å². The molecule has 0 saturated carbocycles. The number of aryl methyl sites for hydroxylation is 1. The first-order valence-corrected chi connectivity index (χ1v) is 9.26. The second-order valence-electron chi connectivity index (χ2n) is 6.68. The van der Waals surface area contributed by atoms with E-state index < -0.39 is 15.4 Å². The van der Waals surface area contributed by atoms with Gasteiger partial charge >= 0.3 is 0 Å². The van der Waals surface area contributed by atoms with Crippen LogP contribution in [0.3, 0.4) is 0 Å². The third kappa shape index (κ3) is 3.13. The Morgan fingerprint density at radius 1 is 1.35 bits per heavy atom. The molecular formula is C17H24N2O3S. The van der Waals surface area contributed by atoms with Gasteiger partial charge in [0.2, 0.25) is 15.9 Å². The average Bonchev–Trinajstić information content (AvgIpc) is 2.57. The van der Waals surface area contributed by atoms with Crippen molar-refractivity contribution in [2.24, 2.45) is 0 Å². The number of fused-ring (bicyclic) bond motifs is 1. The predicted octanol–water partition coefficient (Wildman–Crippen LogP) is 2.96.